The van der Waals surface area contributed by atoms with E-state index in [1.54, 1.807) is 0 Å². The van der Waals surface area contributed by atoms with Crippen molar-refractivity contribution in [2.24, 2.45) is 0 Å². The molecule has 0 aromatic carbocycles. The number of carbonyl (C=O) groups excluding carboxylic acids is 2. The molecule has 0 radical (unpaired) electrons. The standard InChI is InChI=1S/C8H10O3.C4H10S2/c1-5(2)7(9)11-8(10)6(3)4;1-3-5-6-4-2/h1,3H2,2,4H3;3-4H2,1-2H3. The number of esters is 2. The van der Waals surface area contributed by atoms with E-state index in [1.807, 2.05) is 21.6 Å². The topological polar surface area (TPSA) is 43.4 Å². The van der Waals surface area contributed by atoms with E-state index in [9.17, 15) is 9.59 Å². The molecule has 0 aliphatic rings. The molecule has 0 saturated carbocycles. The normalized spacial score (nSPS) is 8.71. The molecule has 0 unspecified atom stereocenters. The molecule has 0 N–H and O–H groups in total. The van der Waals surface area contributed by atoms with E-state index >= 15 is 0 Å². The van der Waals surface area contributed by atoms with Crippen molar-refractivity contribution in [3.8, 4) is 0 Å². The van der Waals surface area contributed by atoms with Gasteiger partial charge in [-0.2, -0.15) is 0 Å². The Morgan fingerprint density at radius 2 is 1.24 bits per heavy atom. The van der Waals surface area contributed by atoms with Crippen molar-refractivity contribution in [1.82, 2.24) is 0 Å². The average molecular weight is 276 g/mol. The summed E-state index contributed by atoms with van der Waals surface area (Å²) in [6.07, 6.45) is 0. The van der Waals surface area contributed by atoms with Gasteiger partial charge < -0.3 is 4.74 Å². The molecular weight excluding hydrogens is 256 g/mol. The molecule has 17 heavy (non-hydrogen) atoms. The van der Waals surface area contributed by atoms with E-state index in [0.29, 0.717) is 0 Å². The Labute approximate surface area is 111 Å². The van der Waals surface area contributed by atoms with Crippen LogP contribution in [-0.2, 0) is 14.3 Å². The summed E-state index contributed by atoms with van der Waals surface area (Å²) in [5.74, 6) is 1.05. The summed E-state index contributed by atoms with van der Waals surface area (Å²) in [7, 11) is 3.85. The van der Waals surface area contributed by atoms with Crippen LogP contribution in [0.4, 0.5) is 0 Å². The van der Waals surface area contributed by atoms with Gasteiger partial charge in [0.2, 0.25) is 0 Å². The van der Waals surface area contributed by atoms with Crippen LogP contribution in [0, 0.1) is 0 Å². The highest BCUT2D eigenvalue weighted by Gasteiger charge is 2.10. The average Bonchev–Trinajstić information content (AvgIpc) is 2.26. The lowest BCUT2D eigenvalue weighted by Gasteiger charge is -1.99. The van der Waals surface area contributed by atoms with Gasteiger partial charge in [-0.3, -0.25) is 0 Å². The Morgan fingerprint density at radius 3 is 1.41 bits per heavy atom. The number of carbonyl (C=O) groups is 2. The maximum Gasteiger partial charge on any atom is 0.340 e. The van der Waals surface area contributed by atoms with Crippen LogP contribution < -0.4 is 0 Å². The Kier molecular flexibility index (Phi) is 13.0. The summed E-state index contributed by atoms with van der Waals surface area (Å²) in [5.41, 5.74) is 0.388. The zero-order chi connectivity index (χ0) is 13.8. The minimum Gasteiger partial charge on any atom is -0.386 e. The molecule has 0 fully saturated rings. The third-order valence-electron chi connectivity index (χ3n) is 1.20. The van der Waals surface area contributed by atoms with Crippen LogP contribution in [0.15, 0.2) is 24.3 Å². The van der Waals surface area contributed by atoms with Crippen LogP contribution in [0.1, 0.15) is 27.7 Å². The summed E-state index contributed by atoms with van der Waals surface area (Å²) in [5, 5.41) is 0. The van der Waals surface area contributed by atoms with Crippen molar-refractivity contribution < 1.29 is 14.3 Å². The minimum absolute atomic E-state index is 0.194. The molecule has 0 amide bonds. The number of hydrogen-bond donors (Lipinski definition) is 0. The first kappa shape index (κ1) is 18.7. The van der Waals surface area contributed by atoms with Crippen molar-refractivity contribution in [3.63, 3.8) is 0 Å². The van der Waals surface area contributed by atoms with E-state index < -0.39 is 11.9 Å². The van der Waals surface area contributed by atoms with Crippen molar-refractivity contribution in [1.29, 1.82) is 0 Å². The zero-order valence-corrected chi connectivity index (χ0v) is 12.5. The maximum atomic E-state index is 10.7. The Morgan fingerprint density at radius 1 is 0.941 bits per heavy atom. The van der Waals surface area contributed by atoms with E-state index in [-0.39, 0.29) is 11.1 Å². The fourth-order valence-corrected chi connectivity index (χ4v) is 1.76. The monoisotopic (exact) mass is 276 g/mol. The molecule has 0 atom stereocenters. The lowest BCUT2D eigenvalue weighted by Crippen LogP contribution is -2.12. The van der Waals surface area contributed by atoms with Crippen LogP contribution in [0.3, 0.4) is 0 Å². The van der Waals surface area contributed by atoms with Gasteiger partial charge in [0.1, 0.15) is 0 Å². The highest BCUT2D eigenvalue weighted by molar-refractivity contribution is 8.76. The lowest BCUT2D eigenvalue weighted by molar-refractivity contribution is -0.153. The fourth-order valence-electron chi connectivity index (χ4n) is 0.425. The largest absolute Gasteiger partial charge is 0.386 e. The van der Waals surface area contributed by atoms with Crippen molar-refractivity contribution in [2.45, 2.75) is 27.7 Å². The molecule has 0 aromatic rings. The van der Waals surface area contributed by atoms with Gasteiger partial charge in [0.15, 0.2) is 0 Å². The van der Waals surface area contributed by atoms with E-state index in [4.69, 9.17) is 0 Å². The summed E-state index contributed by atoms with van der Waals surface area (Å²) in [4.78, 5) is 21.3. The summed E-state index contributed by atoms with van der Waals surface area (Å²) >= 11 is 0. The third kappa shape index (κ3) is 13.3. The smallest absolute Gasteiger partial charge is 0.340 e. The summed E-state index contributed by atoms with van der Waals surface area (Å²) in [6, 6.07) is 0. The van der Waals surface area contributed by atoms with Gasteiger partial charge in [-0.1, -0.05) is 48.6 Å². The molecule has 98 valence electrons. The van der Waals surface area contributed by atoms with E-state index in [1.165, 1.54) is 25.4 Å². The van der Waals surface area contributed by atoms with Crippen LogP contribution in [0.2, 0.25) is 0 Å². The molecule has 0 bridgehead atoms. The molecule has 0 aliphatic carbocycles. The van der Waals surface area contributed by atoms with E-state index in [2.05, 4.69) is 31.7 Å². The predicted molar refractivity (Wildman–Crippen MR) is 77.0 cm³/mol. The molecule has 3 nitrogen and oxygen atoms in total. The first-order valence-corrected chi connectivity index (χ1v) is 7.67. The quantitative estimate of drug-likeness (QED) is 0.252. The zero-order valence-electron chi connectivity index (χ0n) is 10.9. The van der Waals surface area contributed by atoms with Crippen molar-refractivity contribution in [3.05, 3.63) is 24.3 Å². The highest BCUT2D eigenvalue weighted by Crippen LogP contribution is 2.18. The van der Waals surface area contributed by atoms with Crippen LogP contribution in [-0.4, -0.2) is 23.4 Å². The van der Waals surface area contributed by atoms with Gasteiger partial charge in [-0.25, -0.2) is 9.59 Å². The molecule has 0 saturated heterocycles. The highest BCUT2D eigenvalue weighted by atomic mass is 33.1. The van der Waals surface area contributed by atoms with Gasteiger partial charge in [0, 0.05) is 22.7 Å². The number of hydrogen-bond acceptors (Lipinski definition) is 5. The predicted octanol–water partition coefficient (Wildman–Crippen LogP) is 3.62. The Bertz CT molecular complexity index is 257. The first-order valence-electron chi connectivity index (χ1n) is 5.18. The molecule has 0 spiro atoms. The Balaban J connectivity index is 0. The lowest BCUT2D eigenvalue weighted by atomic mass is 10.3. The summed E-state index contributed by atoms with van der Waals surface area (Å²) in [6.45, 7) is 13.9. The second-order valence-corrected chi connectivity index (χ2v) is 6.09. The molecule has 5 heteroatoms. The number of rotatable bonds is 5. The van der Waals surface area contributed by atoms with Gasteiger partial charge in [0.25, 0.3) is 0 Å². The summed E-state index contributed by atoms with van der Waals surface area (Å²) < 4.78 is 4.30. The third-order valence-corrected chi connectivity index (χ3v) is 3.75. The minimum atomic E-state index is -0.710. The second kappa shape index (κ2) is 11.8. The van der Waals surface area contributed by atoms with Gasteiger partial charge >= 0.3 is 11.9 Å². The SMILES string of the molecule is C=C(C)C(=O)OC(=O)C(=C)C.CCSSCC. The molecular formula is C12H20O3S2. The van der Waals surface area contributed by atoms with E-state index in [0.717, 1.165) is 0 Å². The van der Waals surface area contributed by atoms with Crippen LogP contribution in [0.25, 0.3) is 0 Å². The first-order chi connectivity index (χ1) is 7.86. The van der Waals surface area contributed by atoms with Gasteiger partial charge in [-0.15, -0.1) is 0 Å². The molecule has 0 aliphatic heterocycles. The van der Waals surface area contributed by atoms with Gasteiger partial charge in [-0.05, 0) is 13.8 Å². The van der Waals surface area contributed by atoms with Crippen LogP contribution in [0.5, 0.6) is 0 Å². The van der Waals surface area contributed by atoms with Gasteiger partial charge in [0.05, 0.1) is 0 Å². The van der Waals surface area contributed by atoms with Crippen LogP contribution >= 0.6 is 21.6 Å². The maximum absolute atomic E-state index is 10.7. The van der Waals surface area contributed by atoms with Crippen molar-refractivity contribution in [2.75, 3.05) is 11.5 Å². The molecule has 0 rings (SSSR count). The van der Waals surface area contributed by atoms with Crippen molar-refractivity contribution >= 4 is 33.5 Å². The fraction of sp³-hybridized carbons (Fsp3) is 0.500. The second-order valence-electron chi connectivity index (χ2n) is 3.05. The Hall–Kier alpha value is -0.680. The number of ether oxygens (including phenoxy) is 1. The molecule has 0 heterocycles. The molecule has 0 aromatic heterocycles.